The number of hydrogen-bond acceptors (Lipinski definition) is 5. The van der Waals surface area contributed by atoms with Gasteiger partial charge in [-0.1, -0.05) is 0 Å². The normalized spacial score (nSPS) is 23.0. The van der Waals surface area contributed by atoms with E-state index in [2.05, 4.69) is 5.32 Å². The van der Waals surface area contributed by atoms with Crippen LogP contribution in [-0.2, 0) is 14.3 Å². The van der Waals surface area contributed by atoms with Crippen LogP contribution in [0, 0.1) is 11.7 Å². The second-order valence-electron chi connectivity index (χ2n) is 7.78. The van der Waals surface area contributed by atoms with Crippen molar-refractivity contribution in [1.82, 2.24) is 4.90 Å². The minimum atomic E-state index is -0.360. The molecule has 2 fully saturated rings. The number of rotatable bonds is 4. The van der Waals surface area contributed by atoms with Gasteiger partial charge in [0.25, 0.3) is 0 Å². The minimum Gasteiger partial charge on any atom is -0.450 e. The molecule has 0 saturated carbocycles. The van der Waals surface area contributed by atoms with Gasteiger partial charge in [0.1, 0.15) is 5.82 Å². The Morgan fingerprint density at radius 1 is 1.21 bits per heavy atom. The van der Waals surface area contributed by atoms with Crippen LogP contribution in [-0.4, -0.2) is 61.9 Å². The van der Waals surface area contributed by atoms with E-state index in [0.717, 1.165) is 0 Å². The highest BCUT2D eigenvalue weighted by molar-refractivity contribution is 5.93. The molecule has 1 N–H and O–H groups in total. The van der Waals surface area contributed by atoms with E-state index in [1.54, 1.807) is 24.0 Å². The zero-order chi connectivity index (χ0) is 21.0. The second-order valence-corrected chi connectivity index (χ2v) is 7.78. The molecule has 2 amide bonds. The zero-order valence-electron chi connectivity index (χ0n) is 17.3. The van der Waals surface area contributed by atoms with Gasteiger partial charge in [-0.05, 0) is 51.8 Å². The molecule has 1 aromatic carbocycles. The van der Waals surface area contributed by atoms with Crippen molar-refractivity contribution in [1.29, 1.82) is 0 Å². The summed E-state index contributed by atoms with van der Waals surface area (Å²) >= 11 is 0. The van der Waals surface area contributed by atoms with Crippen LogP contribution in [0.25, 0.3) is 0 Å². The number of likely N-dealkylation sites (tertiary alicyclic amines) is 1. The third-order valence-electron chi connectivity index (χ3n) is 5.37. The number of hydrogen-bond donors (Lipinski definition) is 1. The smallest absolute Gasteiger partial charge is 0.409 e. The van der Waals surface area contributed by atoms with Crippen molar-refractivity contribution in [3.05, 3.63) is 24.0 Å². The van der Waals surface area contributed by atoms with Crippen molar-refractivity contribution in [2.24, 2.45) is 5.92 Å². The molecule has 2 atom stereocenters. The number of carbonyl (C=O) groups is 2. The van der Waals surface area contributed by atoms with E-state index in [4.69, 9.17) is 9.47 Å². The lowest BCUT2D eigenvalue weighted by Gasteiger charge is -2.37. The number of anilines is 2. The Morgan fingerprint density at radius 3 is 2.45 bits per heavy atom. The van der Waals surface area contributed by atoms with Crippen LogP contribution in [0.5, 0.6) is 0 Å². The number of morpholine rings is 1. The van der Waals surface area contributed by atoms with Gasteiger partial charge in [-0.15, -0.1) is 0 Å². The van der Waals surface area contributed by atoms with E-state index in [0.29, 0.717) is 57.0 Å². The maximum Gasteiger partial charge on any atom is 0.409 e. The summed E-state index contributed by atoms with van der Waals surface area (Å²) < 4.78 is 25.4. The van der Waals surface area contributed by atoms with Crippen molar-refractivity contribution in [3.63, 3.8) is 0 Å². The molecule has 2 aliphatic heterocycles. The van der Waals surface area contributed by atoms with Crippen LogP contribution in [0.4, 0.5) is 20.6 Å². The van der Waals surface area contributed by atoms with E-state index in [-0.39, 0.29) is 35.9 Å². The Balaban J connectivity index is 1.56. The van der Waals surface area contributed by atoms with Gasteiger partial charge in [-0.3, -0.25) is 4.79 Å². The number of ether oxygens (including phenoxy) is 2. The van der Waals surface area contributed by atoms with Gasteiger partial charge in [0.15, 0.2) is 0 Å². The fraction of sp³-hybridized carbons (Fsp3) is 0.619. The topological polar surface area (TPSA) is 71.1 Å². The quantitative estimate of drug-likeness (QED) is 0.830. The molecule has 0 spiro atoms. The van der Waals surface area contributed by atoms with Crippen LogP contribution >= 0.6 is 0 Å². The third-order valence-corrected chi connectivity index (χ3v) is 5.37. The SMILES string of the molecule is CCOC(=O)N1CCC(C(=O)Nc2ccc(N3CC(C)OC(C)C3)c(F)c2)CC1. The summed E-state index contributed by atoms with van der Waals surface area (Å²) in [6, 6.07) is 4.81. The molecule has 2 unspecified atom stereocenters. The number of halogens is 1. The van der Waals surface area contributed by atoms with Crippen LogP contribution in [0.15, 0.2) is 18.2 Å². The minimum absolute atomic E-state index is 0.0398. The maximum absolute atomic E-state index is 14.7. The van der Waals surface area contributed by atoms with E-state index >= 15 is 0 Å². The standard InChI is InChI=1S/C21H30FN3O4/c1-4-28-21(27)24-9-7-16(8-10-24)20(26)23-17-5-6-19(18(22)11-17)25-12-14(2)29-15(3)13-25/h5-6,11,14-16H,4,7-10,12-13H2,1-3H3,(H,23,26). The van der Waals surface area contributed by atoms with Crippen molar-refractivity contribution in [2.45, 2.75) is 45.8 Å². The number of benzene rings is 1. The molecule has 3 rings (SSSR count). The highest BCUT2D eigenvalue weighted by Crippen LogP contribution is 2.27. The van der Waals surface area contributed by atoms with Gasteiger partial charge in [-0.25, -0.2) is 9.18 Å². The van der Waals surface area contributed by atoms with Crippen molar-refractivity contribution in [2.75, 3.05) is 43.0 Å². The summed E-state index contributed by atoms with van der Waals surface area (Å²) in [6.07, 6.45) is 0.871. The molecule has 0 bridgehead atoms. The molecule has 2 saturated heterocycles. The third kappa shape index (κ3) is 5.38. The number of amides is 2. The lowest BCUT2D eigenvalue weighted by atomic mass is 9.96. The molecule has 2 aliphatic rings. The molecule has 0 radical (unpaired) electrons. The Labute approximate surface area is 171 Å². The number of piperidine rings is 1. The first-order chi connectivity index (χ1) is 13.9. The summed E-state index contributed by atoms with van der Waals surface area (Å²) in [5, 5.41) is 2.81. The van der Waals surface area contributed by atoms with Gasteiger partial charge in [0.05, 0.1) is 24.5 Å². The highest BCUT2D eigenvalue weighted by atomic mass is 19.1. The van der Waals surface area contributed by atoms with Gasteiger partial charge in [0.2, 0.25) is 5.91 Å². The largest absolute Gasteiger partial charge is 0.450 e. The molecule has 7 nitrogen and oxygen atoms in total. The van der Waals surface area contributed by atoms with Crippen LogP contribution in [0.3, 0.4) is 0 Å². The molecule has 8 heteroatoms. The Hall–Kier alpha value is -2.35. The molecule has 0 aliphatic carbocycles. The Morgan fingerprint density at radius 2 is 1.86 bits per heavy atom. The Bertz CT molecular complexity index is 727. The molecule has 0 aromatic heterocycles. The predicted molar refractivity (Wildman–Crippen MR) is 109 cm³/mol. The summed E-state index contributed by atoms with van der Waals surface area (Å²) in [7, 11) is 0. The summed E-state index contributed by atoms with van der Waals surface area (Å²) in [5.74, 6) is -0.708. The first-order valence-electron chi connectivity index (χ1n) is 10.3. The van der Waals surface area contributed by atoms with Gasteiger partial charge < -0.3 is 24.6 Å². The van der Waals surface area contributed by atoms with Crippen molar-refractivity contribution >= 4 is 23.4 Å². The number of nitrogens with zero attached hydrogens (tertiary/aromatic N) is 2. The molecule has 160 valence electrons. The lowest BCUT2D eigenvalue weighted by molar-refractivity contribution is -0.121. The average Bonchev–Trinajstić information content (AvgIpc) is 2.67. The van der Waals surface area contributed by atoms with Gasteiger partial charge >= 0.3 is 6.09 Å². The molecule has 29 heavy (non-hydrogen) atoms. The van der Waals surface area contributed by atoms with Crippen molar-refractivity contribution in [3.8, 4) is 0 Å². The lowest BCUT2D eigenvalue weighted by Crippen LogP contribution is -2.45. The van der Waals surface area contributed by atoms with Crippen molar-refractivity contribution < 1.29 is 23.5 Å². The second kappa shape index (κ2) is 9.43. The zero-order valence-corrected chi connectivity index (χ0v) is 17.3. The van der Waals surface area contributed by atoms with Crippen LogP contribution in [0.1, 0.15) is 33.6 Å². The molecular weight excluding hydrogens is 377 g/mol. The summed E-state index contributed by atoms with van der Waals surface area (Å²) in [5.41, 5.74) is 0.964. The molecular formula is C21H30FN3O4. The van der Waals surface area contributed by atoms with Crippen LogP contribution in [0.2, 0.25) is 0 Å². The highest BCUT2D eigenvalue weighted by Gasteiger charge is 2.28. The fourth-order valence-electron chi connectivity index (χ4n) is 4.00. The average molecular weight is 407 g/mol. The van der Waals surface area contributed by atoms with E-state index in [1.807, 2.05) is 18.7 Å². The maximum atomic E-state index is 14.7. The monoisotopic (exact) mass is 407 g/mol. The first-order valence-corrected chi connectivity index (χ1v) is 10.3. The summed E-state index contributed by atoms with van der Waals surface area (Å²) in [6.45, 7) is 8.28. The predicted octanol–water partition coefficient (Wildman–Crippen LogP) is 3.25. The van der Waals surface area contributed by atoms with Gasteiger partial charge in [0, 0.05) is 37.8 Å². The van der Waals surface area contributed by atoms with E-state index in [1.165, 1.54) is 6.07 Å². The Kier molecular flexibility index (Phi) is 6.95. The summed E-state index contributed by atoms with van der Waals surface area (Å²) in [4.78, 5) is 27.9. The fourth-order valence-corrected chi connectivity index (χ4v) is 4.00. The van der Waals surface area contributed by atoms with Gasteiger partial charge in [-0.2, -0.15) is 0 Å². The van der Waals surface area contributed by atoms with E-state index < -0.39 is 0 Å². The first kappa shape index (κ1) is 21.4. The molecule has 2 heterocycles. The van der Waals surface area contributed by atoms with E-state index in [9.17, 15) is 14.0 Å². The molecule has 1 aromatic rings. The van der Waals surface area contributed by atoms with Crippen LogP contribution < -0.4 is 10.2 Å². The number of nitrogens with one attached hydrogen (secondary N) is 1. The number of carbonyl (C=O) groups excluding carboxylic acids is 2.